The minimum Gasteiger partial charge on any atom is -0.483 e. The summed E-state index contributed by atoms with van der Waals surface area (Å²) in [5, 5.41) is 0. The van der Waals surface area contributed by atoms with Crippen LogP contribution in [0.5, 0.6) is 5.75 Å². The molecule has 0 saturated heterocycles. The minimum absolute atomic E-state index is 0.0331. The number of hydrogen-bond acceptors (Lipinski definition) is 3. The largest absolute Gasteiger partial charge is 0.483 e. The normalized spacial score (nSPS) is 14.8. The van der Waals surface area contributed by atoms with Gasteiger partial charge in [0.05, 0.1) is 0 Å². The highest BCUT2D eigenvalue weighted by Crippen LogP contribution is 2.26. The van der Waals surface area contributed by atoms with Gasteiger partial charge in [-0.15, -0.1) is 0 Å². The van der Waals surface area contributed by atoms with Gasteiger partial charge in [0.25, 0.3) is 5.91 Å². The van der Waals surface area contributed by atoms with Crippen LogP contribution in [0.1, 0.15) is 43.2 Å². The zero-order valence-corrected chi connectivity index (χ0v) is 15.8. The van der Waals surface area contributed by atoms with Crippen LogP contribution in [0.25, 0.3) is 0 Å². The van der Waals surface area contributed by atoms with Crippen LogP contribution in [-0.4, -0.2) is 24.0 Å². The van der Waals surface area contributed by atoms with Crippen LogP contribution in [0.4, 0.5) is 5.82 Å². The lowest BCUT2D eigenvalue weighted by atomic mass is 9.89. The van der Waals surface area contributed by atoms with Crippen molar-refractivity contribution in [3.63, 3.8) is 0 Å². The van der Waals surface area contributed by atoms with Crippen LogP contribution in [0.3, 0.4) is 0 Å². The number of rotatable bonds is 6. The number of benzene rings is 1. The number of aromatic nitrogens is 1. The fourth-order valence-electron chi connectivity index (χ4n) is 3.64. The molecule has 0 atom stereocenters. The van der Waals surface area contributed by atoms with Crippen molar-refractivity contribution >= 4 is 11.7 Å². The third-order valence-electron chi connectivity index (χ3n) is 5.07. The number of aryl methyl sites for hydroxylation is 2. The average molecular weight is 352 g/mol. The van der Waals surface area contributed by atoms with Crippen molar-refractivity contribution < 1.29 is 9.53 Å². The Hall–Kier alpha value is -2.36. The number of carbonyl (C=O) groups is 1. The molecule has 1 heterocycles. The SMILES string of the molecule is Cc1ccc(OCC(=O)N(CC2CCCCC2)c2ccccn2)c(C)c1. The first-order valence-corrected chi connectivity index (χ1v) is 9.55. The second-order valence-corrected chi connectivity index (χ2v) is 7.25. The van der Waals surface area contributed by atoms with E-state index in [4.69, 9.17) is 4.74 Å². The van der Waals surface area contributed by atoms with Crippen LogP contribution < -0.4 is 9.64 Å². The molecule has 1 aliphatic carbocycles. The van der Waals surface area contributed by atoms with E-state index in [1.54, 1.807) is 11.1 Å². The molecule has 0 spiro atoms. The van der Waals surface area contributed by atoms with Crippen molar-refractivity contribution in [2.24, 2.45) is 5.92 Å². The number of pyridine rings is 1. The summed E-state index contributed by atoms with van der Waals surface area (Å²) in [7, 11) is 0. The molecule has 0 unspecified atom stereocenters. The molecule has 3 rings (SSSR count). The molecular weight excluding hydrogens is 324 g/mol. The number of carbonyl (C=O) groups excluding carboxylic acids is 1. The monoisotopic (exact) mass is 352 g/mol. The Morgan fingerprint density at radius 3 is 2.65 bits per heavy atom. The van der Waals surface area contributed by atoms with Gasteiger partial charge in [-0.3, -0.25) is 9.69 Å². The summed E-state index contributed by atoms with van der Waals surface area (Å²) in [6.07, 6.45) is 7.94. The van der Waals surface area contributed by atoms with Gasteiger partial charge in [-0.25, -0.2) is 4.98 Å². The Kier molecular flexibility index (Phi) is 6.26. The third-order valence-corrected chi connectivity index (χ3v) is 5.07. The number of ether oxygens (including phenoxy) is 1. The Labute approximate surface area is 156 Å². The van der Waals surface area contributed by atoms with E-state index in [1.807, 2.05) is 37.3 Å². The van der Waals surface area contributed by atoms with Gasteiger partial charge in [0, 0.05) is 12.7 Å². The second kappa shape index (κ2) is 8.84. The quantitative estimate of drug-likeness (QED) is 0.757. The van der Waals surface area contributed by atoms with Crippen LogP contribution in [0.15, 0.2) is 42.6 Å². The first-order chi connectivity index (χ1) is 12.6. The lowest BCUT2D eigenvalue weighted by molar-refractivity contribution is -0.120. The van der Waals surface area contributed by atoms with Crippen molar-refractivity contribution in [2.45, 2.75) is 46.0 Å². The second-order valence-electron chi connectivity index (χ2n) is 7.25. The summed E-state index contributed by atoms with van der Waals surface area (Å²) in [6.45, 7) is 4.82. The molecule has 1 saturated carbocycles. The van der Waals surface area contributed by atoms with E-state index in [-0.39, 0.29) is 12.5 Å². The molecule has 26 heavy (non-hydrogen) atoms. The summed E-state index contributed by atoms with van der Waals surface area (Å²) in [5.41, 5.74) is 2.24. The van der Waals surface area contributed by atoms with Crippen LogP contribution in [0, 0.1) is 19.8 Å². The lowest BCUT2D eigenvalue weighted by Crippen LogP contribution is -2.39. The van der Waals surface area contributed by atoms with Gasteiger partial charge in [0.15, 0.2) is 6.61 Å². The van der Waals surface area contributed by atoms with E-state index in [1.165, 1.54) is 37.7 Å². The molecule has 0 bridgehead atoms. The first-order valence-electron chi connectivity index (χ1n) is 9.55. The maximum atomic E-state index is 12.9. The molecule has 0 aliphatic heterocycles. The van der Waals surface area contributed by atoms with Gasteiger partial charge >= 0.3 is 0 Å². The standard InChI is InChI=1S/C22H28N2O2/c1-17-11-12-20(18(2)14-17)26-16-22(25)24(21-10-6-7-13-23-21)15-19-8-4-3-5-9-19/h6-7,10-14,19H,3-5,8-9,15-16H2,1-2H3. The Morgan fingerprint density at radius 1 is 1.15 bits per heavy atom. The van der Waals surface area contributed by atoms with Crippen LogP contribution in [-0.2, 0) is 4.79 Å². The fourth-order valence-corrected chi connectivity index (χ4v) is 3.64. The van der Waals surface area contributed by atoms with E-state index < -0.39 is 0 Å². The molecule has 1 aromatic heterocycles. The van der Waals surface area contributed by atoms with Crippen molar-refractivity contribution in [1.82, 2.24) is 4.98 Å². The molecule has 1 amide bonds. The zero-order chi connectivity index (χ0) is 18.4. The average Bonchev–Trinajstić information content (AvgIpc) is 2.67. The molecule has 2 aromatic rings. The van der Waals surface area contributed by atoms with E-state index >= 15 is 0 Å². The summed E-state index contributed by atoms with van der Waals surface area (Å²) < 4.78 is 5.83. The topological polar surface area (TPSA) is 42.4 Å². The highest BCUT2D eigenvalue weighted by Gasteiger charge is 2.23. The summed E-state index contributed by atoms with van der Waals surface area (Å²) in [4.78, 5) is 19.1. The van der Waals surface area contributed by atoms with Gasteiger partial charge < -0.3 is 4.74 Å². The maximum absolute atomic E-state index is 12.9. The minimum atomic E-state index is -0.0331. The molecule has 1 fully saturated rings. The van der Waals surface area contributed by atoms with Gasteiger partial charge in [0.2, 0.25) is 0 Å². The number of hydrogen-bond donors (Lipinski definition) is 0. The third kappa shape index (κ3) is 4.84. The van der Waals surface area contributed by atoms with E-state index in [9.17, 15) is 4.79 Å². The zero-order valence-electron chi connectivity index (χ0n) is 15.8. The van der Waals surface area contributed by atoms with Gasteiger partial charge in [-0.2, -0.15) is 0 Å². The van der Waals surface area contributed by atoms with Gasteiger partial charge in [0.1, 0.15) is 11.6 Å². The maximum Gasteiger partial charge on any atom is 0.266 e. The number of amides is 1. The fraction of sp³-hybridized carbons (Fsp3) is 0.455. The Bertz CT molecular complexity index is 724. The molecule has 0 radical (unpaired) electrons. The summed E-state index contributed by atoms with van der Waals surface area (Å²) in [6, 6.07) is 11.7. The Morgan fingerprint density at radius 2 is 1.96 bits per heavy atom. The molecule has 0 N–H and O–H groups in total. The summed E-state index contributed by atoms with van der Waals surface area (Å²) >= 11 is 0. The molecule has 4 heteroatoms. The molecule has 1 aromatic carbocycles. The highest BCUT2D eigenvalue weighted by molar-refractivity contribution is 5.93. The Balaban J connectivity index is 1.69. The molecule has 138 valence electrons. The van der Waals surface area contributed by atoms with Crippen LogP contribution >= 0.6 is 0 Å². The number of nitrogens with zero attached hydrogens (tertiary/aromatic N) is 2. The lowest BCUT2D eigenvalue weighted by Gasteiger charge is -2.29. The van der Waals surface area contributed by atoms with Gasteiger partial charge in [-0.05, 0) is 56.4 Å². The van der Waals surface area contributed by atoms with Crippen LogP contribution in [0.2, 0.25) is 0 Å². The van der Waals surface area contributed by atoms with E-state index in [2.05, 4.69) is 18.0 Å². The number of anilines is 1. The predicted molar refractivity (Wildman–Crippen MR) is 105 cm³/mol. The predicted octanol–water partition coefficient (Wildman–Crippen LogP) is 4.69. The van der Waals surface area contributed by atoms with Crippen molar-refractivity contribution in [3.05, 3.63) is 53.7 Å². The first kappa shape index (κ1) is 18.4. The van der Waals surface area contributed by atoms with E-state index in [0.717, 1.165) is 17.9 Å². The van der Waals surface area contributed by atoms with E-state index in [0.29, 0.717) is 11.7 Å². The van der Waals surface area contributed by atoms with Crippen molar-refractivity contribution in [2.75, 3.05) is 18.1 Å². The smallest absolute Gasteiger partial charge is 0.266 e. The highest BCUT2D eigenvalue weighted by atomic mass is 16.5. The van der Waals surface area contributed by atoms with Crippen molar-refractivity contribution in [3.8, 4) is 5.75 Å². The van der Waals surface area contributed by atoms with Crippen molar-refractivity contribution in [1.29, 1.82) is 0 Å². The molecule has 4 nitrogen and oxygen atoms in total. The van der Waals surface area contributed by atoms with Gasteiger partial charge in [-0.1, -0.05) is 43.0 Å². The molecular formula is C22H28N2O2. The summed E-state index contributed by atoms with van der Waals surface area (Å²) in [5.74, 6) is 2.00. The molecule has 1 aliphatic rings.